The third-order valence-corrected chi connectivity index (χ3v) is 4.43. The van der Waals surface area contributed by atoms with Crippen molar-refractivity contribution in [2.24, 2.45) is 0 Å². The molecule has 1 aliphatic rings. The van der Waals surface area contributed by atoms with Gasteiger partial charge in [0.15, 0.2) is 11.4 Å². The van der Waals surface area contributed by atoms with E-state index in [1.807, 2.05) is 0 Å². The molecule has 1 unspecified atom stereocenters. The molecule has 0 fully saturated rings. The molecular weight excluding hydrogens is 343 g/mol. The lowest BCUT2D eigenvalue weighted by Gasteiger charge is -2.22. The van der Waals surface area contributed by atoms with Crippen LogP contribution in [0.4, 0.5) is 15.8 Å². The Morgan fingerprint density at radius 3 is 2.50 bits per heavy atom. The van der Waals surface area contributed by atoms with E-state index in [9.17, 15) is 29.2 Å². The summed E-state index contributed by atoms with van der Waals surface area (Å²) in [5, 5.41) is 22.0. The number of rotatable bonds is 5. The Kier molecular flexibility index (Phi) is 4.29. The second-order valence-corrected chi connectivity index (χ2v) is 5.98. The van der Waals surface area contributed by atoms with E-state index in [1.54, 1.807) is 6.92 Å². The van der Waals surface area contributed by atoms with E-state index >= 15 is 0 Å². The number of hydrogen-bond donors (Lipinski definition) is 1. The lowest BCUT2D eigenvalue weighted by Crippen LogP contribution is -2.41. The van der Waals surface area contributed by atoms with E-state index in [-0.39, 0.29) is 23.4 Å². The number of nitrogens with zero attached hydrogens (tertiary/aromatic N) is 2. The smallest absolute Gasteiger partial charge is 0.269 e. The van der Waals surface area contributed by atoms with Crippen LogP contribution in [0.25, 0.3) is 0 Å². The minimum atomic E-state index is -2.21. The quantitative estimate of drug-likeness (QED) is 0.503. The fourth-order valence-electron chi connectivity index (χ4n) is 3.11. The average Bonchev–Trinajstić information content (AvgIpc) is 2.82. The standard InChI is InChI=1S/C18H15FN2O5/c1-2-20-15-8-7-13(21(25)26)9-14(15)18(24,17(20)23)10-16(22)11-3-5-12(19)6-4-11/h3-9,24H,2,10H2,1H3. The maximum absolute atomic E-state index is 13.0. The number of likely N-dealkylation sites (N-methyl/N-ethyl adjacent to an activating group) is 1. The number of aliphatic hydroxyl groups is 1. The first-order chi connectivity index (χ1) is 12.3. The van der Waals surface area contributed by atoms with Crippen LogP contribution in [0.5, 0.6) is 0 Å². The number of benzene rings is 2. The molecule has 0 spiro atoms. The van der Waals surface area contributed by atoms with Crippen LogP contribution in [0.2, 0.25) is 0 Å². The second-order valence-electron chi connectivity index (χ2n) is 5.98. The molecule has 1 heterocycles. The highest BCUT2D eigenvalue weighted by atomic mass is 19.1. The summed E-state index contributed by atoms with van der Waals surface area (Å²) in [5.74, 6) is -1.81. The molecule has 8 heteroatoms. The fraction of sp³-hybridized carbons (Fsp3) is 0.222. The molecule has 3 rings (SSSR count). The van der Waals surface area contributed by atoms with Gasteiger partial charge in [0.05, 0.1) is 17.0 Å². The molecule has 0 bridgehead atoms. The lowest BCUT2D eigenvalue weighted by atomic mass is 9.88. The molecule has 7 nitrogen and oxygen atoms in total. The number of nitro groups is 1. The van der Waals surface area contributed by atoms with Crippen LogP contribution in [0.3, 0.4) is 0 Å². The van der Waals surface area contributed by atoms with E-state index in [1.165, 1.54) is 29.2 Å². The zero-order chi connectivity index (χ0) is 19.1. The molecule has 1 aliphatic heterocycles. The van der Waals surface area contributed by atoms with E-state index in [0.717, 1.165) is 18.2 Å². The number of Topliss-reactive ketones (excluding diaryl/α,β-unsaturated/α-hetero) is 1. The summed E-state index contributed by atoms with van der Waals surface area (Å²) < 4.78 is 13.0. The van der Waals surface area contributed by atoms with Gasteiger partial charge in [-0.2, -0.15) is 0 Å². The van der Waals surface area contributed by atoms with Gasteiger partial charge < -0.3 is 10.0 Å². The van der Waals surface area contributed by atoms with Crippen molar-refractivity contribution < 1.29 is 24.0 Å². The lowest BCUT2D eigenvalue weighted by molar-refractivity contribution is -0.385. The number of carbonyl (C=O) groups is 2. The van der Waals surface area contributed by atoms with E-state index in [4.69, 9.17) is 0 Å². The maximum Gasteiger partial charge on any atom is 0.269 e. The fourth-order valence-corrected chi connectivity index (χ4v) is 3.11. The van der Waals surface area contributed by atoms with Crippen molar-refractivity contribution in [2.45, 2.75) is 18.9 Å². The topological polar surface area (TPSA) is 101 Å². The van der Waals surface area contributed by atoms with Gasteiger partial charge in [-0.05, 0) is 37.3 Å². The van der Waals surface area contributed by atoms with Gasteiger partial charge in [-0.1, -0.05) is 0 Å². The molecular formula is C18H15FN2O5. The Morgan fingerprint density at radius 2 is 1.92 bits per heavy atom. The van der Waals surface area contributed by atoms with Crippen molar-refractivity contribution in [3.63, 3.8) is 0 Å². The van der Waals surface area contributed by atoms with Crippen LogP contribution in [-0.2, 0) is 10.4 Å². The van der Waals surface area contributed by atoms with Crippen LogP contribution in [0, 0.1) is 15.9 Å². The van der Waals surface area contributed by atoms with Gasteiger partial charge in [-0.15, -0.1) is 0 Å². The number of anilines is 1. The van der Waals surface area contributed by atoms with Crippen molar-refractivity contribution in [3.05, 3.63) is 69.5 Å². The minimum absolute atomic E-state index is 0.0222. The van der Waals surface area contributed by atoms with Gasteiger partial charge in [0.25, 0.3) is 11.6 Å². The molecule has 1 atom stereocenters. The van der Waals surface area contributed by atoms with Gasteiger partial charge in [0.1, 0.15) is 5.82 Å². The Morgan fingerprint density at radius 1 is 1.27 bits per heavy atom. The van der Waals surface area contributed by atoms with Gasteiger partial charge in [-0.3, -0.25) is 19.7 Å². The summed E-state index contributed by atoms with van der Waals surface area (Å²) >= 11 is 0. The van der Waals surface area contributed by atoms with E-state index < -0.39 is 34.5 Å². The summed E-state index contributed by atoms with van der Waals surface area (Å²) in [4.78, 5) is 36.9. The van der Waals surface area contributed by atoms with Crippen molar-refractivity contribution in [3.8, 4) is 0 Å². The first-order valence-electron chi connectivity index (χ1n) is 7.90. The molecule has 26 heavy (non-hydrogen) atoms. The van der Waals surface area contributed by atoms with Crippen LogP contribution >= 0.6 is 0 Å². The summed E-state index contributed by atoms with van der Waals surface area (Å²) in [6, 6.07) is 8.45. The molecule has 1 amide bonds. The van der Waals surface area contributed by atoms with Crippen molar-refractivity contribution in [2.75, 3.05) is 11.4 Å². The Bertz CT molecular complexity index is 912. The Balaban J connectivity index is 2.04. The third kappa shape index (κ3) is 2.74. The van der Waals surface area contributed by atoms with Crippen LogP contribution < -0.4 is 4.90 Å². The van der Waals surface area contributed by atoms with Crippen LogP contribution in [0.1, 0.15) is 29.3 Å². The zero-order valence-electron chi connectivity index (χ0n) is 13.8. The monoisotopic (exact) mass is 358 g/mol. The average molecular weight is 358 g/mol. The minimum Gasteiger partial charge on any atom is -0.375 e. The molecule has 0 saturated carbocycles. The number of halogens is 1. The normalized spacial score (nSPS) is 18.7. The Hall–Kier alpha value is -3.13. The van der Waals surface area contributed by atoms with Gasteiger partial charge in [0, 0.05) is 29.8 Å². The molecule has 134 valence electrons. The highest BCUT2D eigenvalue weighted by Crippen LogP contribution is 2.44. The molecule has 0 radical (unpaired) electrons. The summed E-state index contributed by atoms with van der Waals surface area (Å²) in [7, 11) is 0. The number of non-ortho nitro benzene ring substituents is 1. The second kappa shape index (κ2) is 6.30. The number of amides is 1. The highest BCUT2D eigenvalue weighted by molar-refractivity contribution is 6.10. The summed E-state index contributed by atoms with van der Waals surface area (Å²) in [5.41, 5.74) is -2.01. The number of nitro benzene ring substituents is 1. The van der Waals surface area contributed by atoms with Gasteiger partial charge in [0.2, 0.25) is 0 Å². The van der Waals surface area contributed by atoms with Gasteiger partial charge >= 0.3 is 0 Å². The van der Waals surface area contributed by atoms with Crippen molar-refractivity contribution in [1.29, 1.82) is 0 Å². The maximum atomic E-state index is 13.0. The molecule has 0 aliphatic carbocycles. The van der Waals surface area contributed by atoms with Crippen molar-refractivity contribution in [1.82, 2.24) is 0 Å². The first kappa shape index (κ1) is 17.7. The molecule has 2 aromatic rings. The third-order valence-electron chi connectivity index (χ3n) is 4.43. The molecule has 0 saturated heterocycles. The van der Waals surface area contributed by atoms with E-state index in [2.05, 4.69) is 0 Å². The zero-order valence-corrected chi connectivity index (χ0v) is 13.8. The SMILES string of the molecule is CCN1C(=O)C(O)(CC(=O)c2ccc(F)cc2)c2cc([N+](=O)[O-])ccc21. The molecule has 1 N–H and O–H groups in total. The summed E-state index contributed by atoms with van der Waals surface area (Å²) in [6.45, 7) is 1.92. The summed E-state index contributed by atoms with van der Waals surface area (Å²) in [6.07, 6.45) is -0.595. The van der Waals surface area contributed by atoms with Crippen LogP contribution in [0.15, 0.2) is 42.5 Å². The molecule has 0 aromatic heterocycles. The van der Waals surface area contributed by atoms with Crippen LogP contribution in [-0.4, -0.2) is 28.3 Å². The predicted molar refractivity (Wildman–Crippen MR) is 90.4 cm³/mol. The number of hydrogen-bond acceptors (Lipinski definition) is 5. The van der Waals surface area contributed by atoms with Gasteiger partial charge in [-0.25, -0.2) is 4.39 Å². The number of carbonyl (C=O) groups excluding carboxylic acids is 2. The number of ketones is 1. The highest BCUT2D eigenvalue weighted by Gasteiger charge is 2.51. The Labute approximate surface area is 147 Å². The predicted octanol–water partition coefficient (Wildman–Crippen LogP) is 2.56. The van der Waals surface area contributed by atoms with Crippen molar-refractivity contribution >= 4 is 23.1 Å². The van der Waals surface area contributed by atoms with E-state index in [0.29, 0.717) is 5.69 Å². The molecule has 2 aromatic carbocycles. The first-order valence-corrected chi connectivity index (χ1v) is 7.90. The number of fused-ring (bicyclic) bond motifs is 1. The largest absolute Gasteiger partial charge is 0.375 e.